The highest BCUT2D eigenvalue weighted by atomic mass is 35.5. The monoisotopic (exact) mass is 328 g/mol. The Hall–Kier alpha value is -1.26. The van der Waals surface area contributed by atoms with Gasteiger partial charge in [-0.25, -0.2) is 0 Å². The third-order valence-electron chi connectivity index (χ3n) is 3.54. The molecule has 1 atom stereocenters. The van der Waals surface area contributed by atoms with E-state index in [1.54, 1.807) is 23.1 Å². The summed E-state index contributed by atoms with van der Waals surface area (Å²) in [7, 11) is 0. The number of benzene rings is 1. The van der Waals surface area contributed by atoms with Crippen molar-refractivity contribution in [2.24, 2.45) is 5.92 Å². The predicted octanol–water partition coefficient (Wildman–Crippen LogP) is 3.26. The molecule has 0 aromatic heterocycles. The molecular weight excluding hydrogens is 311 g/mol. The first kappa shape index (κ1) is 16.1. The summed E-state index contributed by atoms with van der Waals surface area (Å²) in [4.78, 5) is 25.7. The number of hydrogen-bond acceptors (Lipinski definition) is 2. The van der Waals surface area contributed by atoms with Crippen LogP contribution < -0.4 is 10.2 Å². The number of halogens is 2. The number of hydrogen-bond donors (Lipinski definition) is 1. The summed E-state index contributed by atoms with van der Waals surface area (Å²) in [6.45, 7) is 3.11. The molecule has 1 N–H and O–H groups in total. The minimum atomic E-state index is -0.302. The van der Waals surface area contributed by atoms with Crippen molar-refractivity contribution in [3.63, 3.8) is 0 Å². The molecule has 0 spiro atoms. The zero-order chi connectivity index (χ0) is 15.4. The van der Waals surface area contributed by atoms with Crippen molar-refractivity contribution < 1.29 is 9.59 Å². The molecular formula is C15H18Cl2N2O2. The van der Waals surface area contributed by atoms with Gasteiger partial charge in [-0.05, 0) is 24.6 Å². The maximum atomic E-state index is 12.1. The molecule has 0 saturated carbocycles. The first-order valence-electron chi connectivity index (χ1n) is 7.06. The Bertz CT molecular complexity index is 548. The van der Waals surface area contributed by atoms with Gasteiger partial charge in [0.2, 0.25) is 11.8 Å². The fourth-order valence-electron chi connectivity index (χ4n) is 2.32. The van der Waals surface area contributed by atoms with Crippen molar-refractivity contribution in [3.05, 3.63) is 28.2 Å². The van der Waals surface area contributed by atoms with Gasteiger partial charge in [0, 0.05) is 25.2 Å². The Morgan fingerprint density at radius 1 is 1.38 bits per heavy atom. The average Bonchev–Trinajstić information content (AvgIpc) is 2.84. The van der Waals surface area contributed by atoms with E-state index in [9.17, 15) is 9.59 Å². The van der Waals surface area contributed by atoms with E-state index in [0.717, 1.165) is 12.8 Å². The Balaban J connectivity index is 2.02. The van der Waals surface area contributed by atoms with E-state index >= 15 is 0 Å². The van der Waals surface area contributed by atoms with E-state index < -0.39 is 0 Å². The lowest BCUT2D eigenvalue weighted by molar-refractivity contribution is -0.126. The standard InChI is InChI=1S/C15H18Cl2N2O2/c1-2-3-6-18-15(21)10-7-14(20)19(9-10)11-4-5-12(16)13(17)8-11/h4-5,8,10H,2-3,6-7,9H2,1H3,(H,18,21). The summed E-state index contributed by atoms with van der Waals surface area (Å²) in [5.74, 6) is -0.424. The predicted molar refractivity (Wildman–Crippen MR) is 84.8 cm³/mol. The number of amides is 2. The number of nitrogens with one attached hydrogen (secondary N) is 1. The van der Waals surface area contributed by atoms with Gasteiger partial charge in [0.15, 0.2) is 0 Å². The van der Waals surface area contributed by atoms with E-state index in [4.69, 9.17) is 23.2 Å². The maximum absolute atomic E-state index is 12.1. The molecule has 0 radical (unpaired) electrons. The molecule has 2 rings (SSSR count). The highest BCUT2D eigenvalue weighted by Crippen LogP contribution is 2.31. The smallest absolute Gasteiger partial charge is 0.227 e. The summed E-state index contributed by atoms with van der Waals surface area (Å²) in [5.41, 5.74) is 0.679. The summed E-state index contributed by atoms with van der Waals surface area (Å²) in [5, 5.41) is 3.72. The van der Waals surface area contributed by atoms with Crippen LogP contribution in [0, 0.1) is 5.92 Å². The van der Waals surface area contributed by atoms with E-state index in [-0.39, 0.29) is 24.2 Å². The van der Waals surface area contributed by atoms with Crippen molar-refractivity contribution in [2.75, 3.05) is 18.0 Å². The second-order valence-electron chi connectivity index (χ2n) is 5.15. The van der Waals surface area contributed by atoms with E-state index in [1.807, 2.05) is 0 Å². The van der Waals surface area contributed by atoms with Crippen molar-refractivity contribution in [1.29, 1.82) is 0 Å². The molecule has 4 nitrogen and oxygen atoms in total. The third-order valence-corrected chi connectivity index (χ3v) is 4.28. The lowest BCUT2D eigenvalue weighted by atomic mass is 10.1. The van der Waals surface area contributed by atoms with Crippen molar-refractivity contribution >= 4 is 40.7 Å². The van der Waals surface area contributed by atoms with Gasteiger partial charge in [-0.3, -0.25) is 9.59 Å². The van der Waals surface area contributed by atoms with Gasteiger partial charge in [0.05, 0.1) is 16.0 Å². The molecule has 1 heterocycles. The molecule has 1 aromatic carbocycles. The summed E-state index contributed by atoms with van der Waals surface area (Å²) >= 11 is 11.8. The second-order valence-corrected chi connectivity index (χ2v) is 5.96. The molecule has 1 fully saturated rings. The molecule has 1 aromatic rings. The zero-order valence-electron chi connectivity index (χ0n) is 11.9. The minimum absolute atomic E-state index is 0.0561. The van der Waals surface area contributed by atoms with Crippen molar-refractivity contribution in [2.45, 2.75) is 26.2 Å². The van der Waals surface area contributed by atoms with Crippen LogP contribution in [0.5, 0.6) is 0 Å². The Morgan fingerprint density at radius 2 is 2.14 bits per heavy atom. The van der Waals surface area contributed by atoms with Crippen LogP contribution in [0.15, 0.2) is 18.2 Å². The van der Waals surface area contributed by atoms with Crippen molar-refractivity contribution in [1.82, 2.24) is 5.32 Å². The molecule has 21 heavy (non-hydrogen) atoms. The highest BCUT2D eigenvalue weighted by Gasteiger charge is 2.35. The van der Waals surface area contributed by atoms with Gasteiger partial charge in [-0.2, -0.15) is 0 Å². The van der Waals surface area contributed by atoms with E-state index in [2.05, 4.69) is 12.2 Å². The lowest BCUT2D eigenvalue weighted by Crippen LogP contribution is -2.33. The zero-order valence-corrected chi connectivity index (χ0v) is 13.4. The summed E-state index contributed by atoms with van der Waals surface area (Å²) < 4.78 is 0. The fraction of sp³-hybridized carbons (Fsp3) is 0.467. The topological polar surface area (TPSA) is 49.4 Å². The minimum Gasteiger partial charge on any atom is -0.356 e. The van der Waals surface area contributed by atoms with Gasteiger partial charge in [0.25, 0.3) is 0 Å². The molecule has 1 saturated heterocycles. The molecule has 1 aliphatic heterocycles. The third kappa shape index (κ3) is 3.89. The molecule has 114 valence electrons. The second kappa shape index (κ2) is 7.14. The molecule has 0 bridgehead atoms. The molecule has 1 unspecified atom stereocenters. The van der Waals surface area contributed by atoms with Crippen LogP contribution >= 0.6 is 23.2 Å². The average molecular weight is 329 g/mol. The van der Waals surface area contributed by atoms with Crippen LogP contribution in [0.4, 0.5) is 5.69 Å². The number of carbonyl (C=O) groups excluding carboxylic acids is 2. The summed E-state index contributed by atoms with van der Waals surface area (Å²) in [6, 6.07) is 5.05. The number of unbranched alkanes of at least 4 members (excludes halogenated alkanes) is 1. The molecule has 1 aliphatic rings. The van der Waals surface area contributed by atoms with Crippen LogP contribution in [0.1, 0.15) is 26.2 Å². The highest BCUT2D eigenvalue weighted by molar-refractivity contribution is 6.42. The Morgan fingerprint density at radius 3 is 2.81 bits per heavy atom. The quantitative estimate of drug-likeness (QED) is 0.843. The largest absolute Gasteiger partial charge is 0.356 e. The van der Waals surface area contributed by atoms with Crippen LogP contribution in [0.25, 0.3) is 0 Å². The van der Waals surface area contributed by atoms with Crippen LogP contribution in [-0.4, -0.2) is 24.9 Å². The van der Waals surface area contributed by atoms with E-state index in [0.29, 0.717) is 28.8 Å². The number of nitrogens with zero attached hydrogens (tertiary/aromatic N) is 1. The first-order valence-corrected chi connectivity index (χ1v) is 7.81. The Labute approximate surface area is 134 Å². The molecule has 2 amide bonds. The van der Waals surface area contributed by atoms with Gasteiger partial charge in [-0.1, -0.05) is 36.5 Å². The van der Waals surface area contributed by atoms with E-state index in [1.165, 1.54) is 0 Å². The number of rotatable bonds is 5. The Kier molecular flexibility index (Phi) is 5.48. The van der Waals surface area contributed by atoms with Crippen LogP contribution in [0.2, 0.25) is 10.0 Å². The van der Waals surface area contributed by atoms with Gasteiger partial charge < -0.3 is 10.2 Å². The van der Waals surface area contributed by atoms with Gasteiger partial charge in [0.1, 0.15) is 0 Å². The SMILES string of the molecule is CCCCNC(=O)C1CC(=O)N(c2ccc(Cl)c(Cl)c2)C1. The maximum Gasteiger partial charge on any atom is 0.227 e. The number of anilines is 1. The molecule has 0 aliphatic carbocycles. The lowest BCUT2D eigenvalue weighted by Gasteiger charge is -2.17. The van der Waals surface area contributed by atoms with Crippen LogP contribution in [0.3, 0.4) is 0 Å². The van der Waals surface area contributed by atoms with Crippen LogP contribution in [-0.2, 0) is 9.59 Å². The fourth-order valence-corrected chi connectivity index (χ4v) is 2.61. The normalized spacial score (nSPS) is 18.1. The molecule has 6 heteroatoms. The first-order chi connectivity index (χ1) is 10.0. The van der Waals surface area contributed by atoms with Crippen molar-refractivity contribution in [3.8, 4) is 0 Å². The van der Waals surface area contributed by atoms with Gasteiger partial charge in [-0.15, -0.1) is 0 Å². The summed E-state index contributed by atoms with van der Waals surface area (Å²) in [6.07, 6.45) is 2.21. The number of carbonyl (C=O) groups is 2. The van der Waals surface area contributed by atoms with Gasteiger partial charge >= 0.3 is 0 Å².